The molecule has 0 fully saturated rings. The van der Waals surface area contributed by atoms with Gasteiger partial charge in [0.15, 0.2) is 16.6 Å². The summed E-state index contributed by atoms with van der Waals surface area (Å²) in [7, 11) is 0. The van der Waals surface area contributed by atoms with Gasteiger partial charge >= 0.3 is 0 Å². The lowest BCUT2D eigenvalue weighted by Gasteiger charge is -2.12. The summed E-state index contributed by atoms with van der Waals surface area (Å²) in [5, 5.41) is 12.2. The van der Waals surface area contributed by atoms with E-state index in [0.29, 0.717) is 0 Å². The fraction of sp³-hybridized carbons (Fsp3) is 0.176. The molecule has 24 heavy (non-hydrogen) atoms. The topological polar surface area (TPSA) is 71.8 Å². The Labute approximate surface area is 143 Å². The summed E-state index contributed by atoms with van der Waals surface area (Å²) >= 11 is 1.56. The molecule has 1 unspecified atom stereocenters. The molecule has 7 heteroatoms. The first-order valence-corrected chi connectivity index (χ1v) is 8.49. The highest BCUT2D eigenvalue weighted by molar-refractivity contribution is 7.99. The number of pyridine rings is 1. The van der Waals surface area contributed by atoms with Crippen LogP contribution in [0.5, 0.6) is 0 Å². The molecule has 120 valence electrons. The molecule has 0 saturated heterocycles. The third-order valence-corrected chi connectivity index (χ3v) is 4.94. The Morgan fingerprint density at radius 2 is 1.92 bits per heavy atom. The van der Waals surface area contributed by atoms with Crippen LogP contribution in [0.15, 0.2) is 53.9 Å². The molecule has 4 aromatic rings. The number of thioether (sulfide) groups is 1. The van der Waals surface area contributed by atoms with Gasteiger partial charge in [-0.2, -0.15) is 5.10 Å². The third kappa shape index (κ3) is 2.78. The summed E-state index contributed by atoms with van der Waals surface area (Å²) in [6, 6.07) is 14.4. The van der Waals surface area contributed by atoms with Gasteiger partial charge < -0.3 is 0 Å². The number of hydrogen-bond donors (Lipinski definition) is 1. The van der Waals surface area contributed by atoms with Gasteiger partial charge in [0, 0.05) is 5.69 Å². The molecule has 0 bridgehead atoms. The zero-order chi connectivity index (χ0) is 16.5. The summed E-state index contributed by atoms with van der Waals surface area (Å²) < 4.78 is 1.87. The molecule has 0 spiro atoms. The van der Waals surface area contributed by atoms with Gasteiger partial charge in [-0.15, -0.1) is 5.10 Å². The van der Waals surface area contributed by atoms with Crippen molar-refractivity contribution in [1.82, 2.24) is 29.8 Å². The van der Waals surface area contributed by atoms with Crippen molar-refractivity contribution in [2.24, 2.45) is 0 Å². The second-order valence-electron chi connectivity index (χ2n) is 5.61. The van der Waals surface area contributed by atoms with Crippen LogP contribution in [0.1, 0.15) is 27.9 Å². The predicted octanol–water partition coefficient (Wildman–Crippen LogP) is 3.35. The second kappa shape index (κ2) is 6.09. The third-order valence-electron chi connectivity index (χ3n) is 3.80. The minimum atomic E-state index is -0.0575. The number of nitrogens with zero attached hydrogens (tertiary/aromatic N) is 5. The standard InChI is InChI=1S/C17H16N6S/c1-11-6-8-13(9-7-11)15(24-17-18-10-19-21-17)16-20-14-5-3-4-12(2)23(14)22-16/h3-10,15H,1-2H3,(H,18,19,21). The highest BCUT2D eigenvalue weighted by Gasteiger charge is 2.22. The first-order chi connectivity index (χ1) is 11.7. The van der Waals surface area contributed by atoms with E-state index >= 15 is 0 Å². The van der Waals surface area contributed by atoms with Crippen molar-refractivity contribution in [2.75, 3.05) is 0 Å². The number of H-pyrrole nitrogens is 1. The quantitative estimate of drug-likeness (QED) is 0.579. The second-order valence-corrected chi connectivity index (χ2v) is 6.70. The van der Waals surface area contributed by atoms with Crippen molar-refractivity contribution in [2.45, 2.75) is 24.3 Å². The monoisotopic (exact) mass is 336 g/mol. The largest absolute Gasteiger partial charge is 0.254 e. The Morgan fingerprint density at radius 3 is 2.62 bits per heavy atom. The summed E-state index contributed by atoms with van der Waals surface area (Å²) in [4.78, 5) is 8.95. The average molecular weight is 336 g/mol. The molecular weight excluding hydrogens is 320 g/mol. The van der Waals surface area contributed by atoms with Crippen LogP contribution in [-0.2, 0) is 0 Å². The molecule has 6 nitrogen and oxygen atoms in total. The van der Waals surface area contributed by atoms with Crippen LogP contribution in [0.3, 0.4) is 0 Å². The van der Waals surface area contributed by atoms with E-state index in [2.05, 4.69) is 46.4 Å². The van der Waals surface area contributed by atoms with E-state index < -0.39 is 0 Å². The Morgan fingerprint density at radius 1 is 1.08 bits per heavy atom. The molecule has 4 rings (SSSR count). The molecule has 0 aliphatic rings. The number of rotatable bonds is 4. The summed E-state index contributed by atoms with van der Waals surface area (Å²) in [6.45, 7) is 4.10. The summed E-state index contributed by atoms with van der Waals surface area (Å²) in [5.41, 5.74) is 4.26. The maximum absolute atomic E-state index is 4.72. The normalized spacial score (nSPS) is 12.6. The maximum Gasteiger partial charge on any atom is 0.184 e. The van der Waals surface area contributed by atoms with E-state index in [0.717, 1.165) is 27.9 Å². The first kappa shape index (κ1) is 14.9. The van der Waals surface area contributed by atoms with Crippen LogP contribution in [0.2, 0.25) is 0 Å². The van der Waals surface area contributed by atoms with Crippen LogP contribution >= 0.6 is 11.8 Å². The zero-order valence-corrected chi connectivity index (χ0v) is 14.2. The van der Waals surface area contributed by atoms with Crippen molar-refractivity contribution < 1.29 is 0 Å². The number of fused-ring (bicyclic) bond motifs is 1. The smallest absolute Gasteiger partial charge is 0.184 e. The Bertz CT molecular complexity index is 959. The van der Waals surface area contributed by atoms with Crippen LogP contribution < -0.4 is 0 Å². The van der Waals surface area contributed by atoms with E-state index in [4.69, 9.17) is 10.1 Å². The molecule has 1 atom stereocenters. The van der Waals surface area contributed by atoms with E-state index in [1.165, 1.54) is 11.9 Å². The van der Waals surface area contributed by atoms with Crippen molar-refractivity contribution >= 4 is 17.4 Å². The number of aromatic nitrogens is 6. The Balaban J connectivity index is 1.81. The molecule has 3 heterocycles. The van der Waals surface area contributed by atoms with Crippen molar-refractivity contribution in [3.63, 3.8) is 0 Å². The van der Waals surface area contributed by atoms with E-state index in [9.17, 15) is 0 Å². The average Bonchev–Trinajstić information content (AvgIpc) is 3.23. The van der Waals surface area contributed by atoms with Crippen LogP contribution in [0.25, 0.3) is 5.65 Å². The number of aromatic amines is 1. The molecular formula is C17H16N6S. The molecule has 0 saturated carbocycles. The van der Waals surface area contributed by atoms with Gasteiger partial charge in [-0.1, -0.05) is 47.7 Å². The van der Waals surface area contributed by atoms with E-state index in [1.807, 2.05) is 29.6 Å². The number of hydrogen-bond acceptors (Lipinski definition) is 5. The van der Waals surface area contributed by atoms with Crippen LogP contribution in [0.4, 0.5) is 0 Å². The van der Waals surface area contributed by atoms with Crippen molar-refractivity contribution in [3.8, 4) is 0 Å². The van der Waals surface area contributed by atoms with Gasteiger partial charge in [-0.3, -0.25) is 5.10 Å². The Hall–Kier alpha value is -2.67. The van der Waals surface area contributed by atoms with Gasteiger partial charge in [0.2, 0.25) is 0 Å². The van der Waals surface area contributed by atoms with Gasteiger partial charge in [0.1, 0.15) is 6.33 Å². The highest BCUT2D eigenvalue weighted by atomic mass is 32.2. The molecule has 3 aromatic heterocycles. The molecule has 0 radical (unpaired) electrons. The molecule has 0 amide bonds. The highest BCUT2D eigenvalue weighted by Crippen LogP contribution is 2.37. The number of benzene rings is 1. The van der Waals surface area contributed by atoms with Crippen molar-refractivity contribution in [3.05, 3.63) is 71.4 Å². The minimum absolute atomic E-state index is 0.0575. The lowest BCUT2D eigenvalue weighted by atomic mass is 10.1. The molecule has 0 aliphatic carbocycles. The lowest BCUT2D eigenvalue weighted by Crippen LogP contribution is -2.01. The predicted molar refractivity (Wildman–Crippen MR) is 93.0 cm³/mol. The fourth-order valence-electron chi connectivity index (χ4n) is 2.54. The van der Waals surface area contributed by atoms with Crippen molar-refractivity contribution in [1.29, 1.82) is 0 Å². The minimum Gasteiger partial charge on any atom is -0.254 e. The maximum atomic E-state index is 4.72. The first-order valence-electron chi connectivity index (χ1n) is 7.61. The van der Waals surface area contributed by atoms with Gasteiger partial charge in [-0.05, 0) is 31.5 Å². The summed E-state index contributed by atoms with van der Waals surface area (Å²) in [6.07, 6.45) is 1.51. The van der Waals surface area contributed by atoms with Gasteiger partial charge in [0.25, 0.3) is 0 Å². The lowest BCUT2D eigenvalue weighted by molar-refractivity contribution is 0.860. The number of nitrogens with one attached hydrogen (secondary N) is 1. The fourth-order valence-corrected chi connectivity index (χ4v) is 3.47. The summed E-state index contributed by atoms with van der Waals surface area (Å²) in [5.74, 6) is 0.759. The van der Waals surface area contributed by atoms with Crippen LogP contribution in [-0.4, -0.2) is 29.8 Å². The molecule has 0 aliphatic heterocycles. The number of aryl methyl sites for hydroxylation is 2. The zero-order valence-electron chi connectivity index (χ0n) is 13.3. The molecule has 1 N–H and O–H groups in total. The van der Waals surface area contributed by atoms with E-state index in [1.54, 1.807) is 11.8 Å². The SMILES string of the molecule is Cc1ccc(C(Sc2ncn[nH]2)c2nc3cccc(C)n3n2)cc1. The van der Waals surface area contributed by atoms with E-state index in [-0.39, 0.29) is 5.25 Å². The molecule has 1 aromatic carbocycles. The Kier molecular flexibility index (Phi) is 3.78. The van der Waals surface area contributed by atoms with Gasteiger partial charge in [-0.25, -0.2) is 14.5 Å². The van der Waals surface area contributed by atoms with Crippen LogP contribution in [0, 0.1) is 13.8 Å². The van der Waals surface area contributed by atoms with Gasteiger partial charge in [0.05, 0.1) is 5.25 Å².